The van der Waals surface area contributed by atoms with Crippen LogP contribution in [-0.2, 0) is 4.79 Å². The average molecular weight is 270 g/mol. The lowest BCUT2D eigenvalue weighted by Gasteiger charge is -2.34. The number of amides is 1. The van der Waals surface area contributed by atoms with Crippen LogP contribution in [-0.4, -0.2) is 30.4 Å². The number of rotatable bonds is 3. The molecule has 5 rings (SSSR count). The molecule has 1 aromatic carbocycles. The van der Waals surface area contributed by atoms with E-state index in [0.29, 0.717) is 17.7 Å². The molecular formula is C17H22N2O. The van der Waals surface area contributed by atoms with Gasteiger partial charge in [-0.3, -0.25) is 4.79 Å². The molecule has 3 aliphatic heterocycles. The second-order valence-electron chi connectivity index (χ2n) is 6.81. The van der Waals surface area contributed by atoms with E-state index in [9.17, 15) is 4.79 Å². The van der Waals surface area contributed by atoms with Gasteiger partial charge < -0.3 is 10.2 Å². The fourth-order valence-corrected chi connectivity index (χ4v) is 4.74. The van der Waals surface area contributed by atoms with Gasteiger partial charge in [-0.2, -0.15) is 0 Å². The smallest absolute Gasteiger partial charge is 0.224 e. The van der Waals surface area contributed by atoms with E-state index in [1.165, 1.54) is 18.5 Å². The van der Waals surface area contributed by atoms with Crippen LogP contribution in [0.4, 0.5) is 0 Å². The van der Waals surface area contributed by atoms with Crippen LogP contribution in [0.15, 0.2) is 30.3 Å². The van der Waals surface area contributed by atoms with Crippen LogP contribution >= 0.6 is 0 Å². The summed E-state index contributed by atoms with van der Waals surface area (Å²) in [6.45, 7) is 5.62. The largest absolute Gasteiger partial charge is 0.349 e. The molecule has 4 fully saturated rings. The molecule has 20 heavy (non-hydrogen) atoms. The molecule has 1 amide bonds. The second kappa shape index (κ2) is 4.59. The number of nitrogens with one attached hydrogen (secondary N) is 1. The van der Waals surface area contributed by atoms with E-state index in [0.717, 1.165) is 19.0 Å². The van der Waals surface area contributed by atoms with E-state index in [1.54, 1.807) is 0 Å². The summed E-state index contributed by atoms with van der Waals surface area (Å²) in [5.74, 6) is 2.58. The van der Waals surface area contributed by atoms with Crippen LogP contribution in [0.1, 0.15) is 24.9 Å². The van der Waals surface area contributed by atoms with Crippen LogP contribution < -0.4 is 5.32 Å². The molecule has 106 valence electrons. The quantitative estimate of drug-likeness (QED) is 0.912. The Balaban J connectivity index is 1.46. The minimum Gasteiger partial charge on any atom is -0.349 e. The van der Waals surface area contributed by atoms with Crippen molar-refractivity contribution in [2.24, 2.45) is 23.7 Å². The fourth-order valence-electron chi connectivity index (χ4n) is 4.74. The molecule has 4 aliphatic rings. The minimum atomic E-state index is 0.111. The number of hydrogen-bond donors (Lipinski definition) is 1. The lowest BCUT2D eigenvalue weighted by Crippen LogP contribution is -2.45. The number of hydrogen-bond acceptors (Lipinski definition) is 2. The number of benzene rings is 1. The van der Waals surface area contributed by atoms with Gasteiger partial charge in [0, 0.05) is 25.6 Å². The lowest BCUT2D eigenvalue weighted by atomic mass is 9.85. The monoisotopic (exact) mass is 270 g/mol. The van der Waals surface area contributed by atoms with Crippen LogP contribution in [0.3, 0.4) is 0 Å². The van der Waals surface area contributed by atoms with Gasteiger partial charge in [0.1, 0.15) is 0 Å². The molecule has 0 radical (unpaired) electrons. The van der Waals surface area contributed by atoms with Crippen molar-refractivity contribution in [3.05, 3.63) is 35.9 Å². The van der Waals surface area contributed by atoms with E-state index >= 15 is 0 Å². The van der Waals surface area contributed by atoms with E-state index in [-0.39, 0.29) is 12.0 Å². The van der Waals surface area contributed by atoms with Crippen molar-refractivity contribution < 1.29 is 4.79 Å². The summed E-state index contributed by atoms with van der Waals surface area (Å²) in [7, 11) is 0. The van der Waals surface area contributed by atoms with Crippen LogP contribution in [0.2, 0.25) is 0 Å². The van der Waals surface area contributed by atoms with Gasteiger partial charge in [0.2, 0.25) is 5.91 Å². The van der Waals surface area contributed by atoms with Crippen molar-refractivity contribution in [3.63, 3.8) is 0 Å². The fraction of sp³-hybridized carbons (Fsp3) is 0.588. The van der Waals surface area contributed by atoms with Crippen molar-refractivity contribution in [1.29, 1.82) is 0 Å². The van der Waals surface area contributed by atoms with E-state index in [1.807, 2.05) is 18.2 Å². The maximum absolute atomic E-state index is 12.7. The second-order valence-corrected chi connectivity index (χ2v) is 6.81. The number of nitrogens with zero attached hydrogens (tertiary/aromatic N) is 1. The van der Waals surface area contributed by atoms with E-state index in [4.69, 9.17) is 0 Å². The summed E-state index contributed by atoms with van der Waals surface area (Å²) < 4.78 is 0. The Morgan fingerprint density at radius 2 is 1.95 bits per heavy atom. The first-order valence-corrected chi connectivity index (χ1v) is 7.80. The molecule has 1 saturated carbocycles. The van der Waals surface area contributed by atoms with Crippen molar-refractivity contribution in [2.75, 3.05) is 19.6 Å². The number of carbonyl (C=O) groups is 1. The minimum absolute atomic E-state index is 0.111. The summed E-state index contributed by atoms with van der Waals surface area (Å²) in [4.78, 5) is 15.2. The van der Waals surface area contributed by atoms with Gasteiger partial charge in [-0.25, -0.2) is 0 Å². The van der Waals surface area contributed by atoms with Crippen LogP contribution in [0.25, 0.3) is 0 Å². The predicted octanol–water partition coefficient (Wildman–Crippen LogP) is 2.06. The molecule has 1 aliphatic carbocycles. The van der Waals surface area contributed by atoms with Gasteiger partial charge in [0.25, 0.3) is 0 Å². The van der Waals surface area contributed by atoms with Crippen LogP contribution in [0, 0.1) is 23.7 Å². The van der Waals surface area contributed by atoms with Gasteiger partial charge in [0.15, 0.2) is 0 Å². The molecule has 3 heteroatoms. The molecule has 0 spiro atoms. The topological polar surface area (TPSA) is 32.3 Å². The van der Waals surface area contributed by atoms with E-state index < -0.39 is 0 Å². The Morgan fingerprint density at radius 3 is 2.70 bits per heavy atom. The summed E-state index contributed by atoms with van der Waals surface area (Å²) in [5, 5.41) is 3.25. The molecular weight excluding hydrogens is 248 g/mol. The number of carbonyl (C=O) groups excluding carboxylic acids is 1. The molecule has 4 bridgehead atoms. The lowest BCUT2D eigenvalue weighted by molar-refractivity contribution is -0.129. The average Bonchev–Trinajstić information content (AvgIpc) is 2.87. The Bertz CT molecular complexity index is 511. The van der Waals surface area contributed by atoms with Gasteiger partial charge >= 0.3 is 0 Å². The Labute approximate surface area is 120 Å². The predicted molar refractivity (Wildman–Crippen MR) is 78.0 cm³/mol. The molecule has 3 nitrogen and oxygen atoms in total. The van der Waals surface area contributed by atoms with Gasteiger partial charge in [-0.05, 0) is 36.7 Å². The Morgan fingerprint density at radius 1 is 1.20 bits per heavy atom. The summed E-state index contributed by atoms with van der Waals surface area (Å²) in [6, 6.07) is 10.4. The maximum Gasteiger partial charge on any atom is 0.224 e. The van der Waals surface area contributed by atoms with Gasteiger partial charge in [0.05, 0.1) is 6.04 Å². The highest BCUT2D eigenvalue weighted by atomic mass is 16.2. The molecule has 3 heterocycles. The molecule has 1 N–H and O–H groups in total. The highest BCUT2D eigenvalue weighted by Gasteiger charge is 2.55. The zero-order chi connectivity index (χ0) is 13.7. The first kappa shape index (κ1) is 12.4. The Kier molecular flexibility index (Phi) is 2.84. The Hall–Kier alpha value is -1.35. The maximum atomic E-state index is 12.7. The highest BCUT2D eigenvalue weighted by molar-refractivity contribution is 5.80. The molecule has 0 aromatic heterocycles. The van der Waals surface area contributed by atoms with Gasteiger partial charge in [-0.1, -0.05) is 30.3 Å². The molecule has 6 atom stereocenters. The zero-order valence-electron chi connectivity index (χ0n) is 12.0. The third kappa shape index (κ3) is 1.87. The van der Waals surface area contributed by atoms with Crippen LogP contribution in [0.5, 0.6) is 0 Å². The summed E-state index contributed by atoms with van der Waals surface area (Å²) in [6.07, 6.45) is 1.28. The number of piperidine rings is 2. The SMILES string of the molecule is CC(NC(=O)C1[C@H]2C[C@H]3CN(C2)C[C@@H]13)c1ccccc1. The summed E-state index contributed by atoms with van der Waals surface area (Å²) >= 11 is 0. The third-order valence-electron chi connectivity index (χ3n) is 5.60. The standard InChI is InChI=1S/C17H22N2O/c1-11(12-5-3-2-4-6-12)18-17(20)16-14-7-13-8-19(9-14)10-15(13)16/h2-6,11,13-16H,7-10H2,1H3,(H,18,20)/t11?,13-,14-,15+,16?/m0/s1. The van der Waals surface area contributed by atoms with E-state index in [2.05, 4.69) is 29.3 Å². The molecule has 1 aromatic rings. The van der Waals surface area contributed by atoms with Crippen molar-refractivity contribution >= 4 is 5.91 Å². The first-order chi connectivity index (χ1) is 9.72. The van der Waals surface area contributed by atoms with Crippen molar-refractivity contribution in [1.82, 2.24) is 10.2 Å². The highest BCUT2D eigenvalue weighted by Crippen LogP contribution is 2.51. The summed E-state index contributed by atoms with van der Waals surface area (Å²) in [5.41, 5.74) is 1.19. The normalized spacial score (nSPS) is 39.0. The zero-order valence-corrected chi connectivity index (χ0v) is 12.0. The van der Waals surface area contributed by atoms with Crippen molar-refractivity contribution in [2.45, 2.75) is 19.4 Å². The van der Waals surface area contributed by atoms with Gasteiger partial charge in [-0.15, -0.1) is 0 Å². The molecule has 3 saturated heterocycles. The molecule has 3 unspecified atom stereocenters. The third-order valence-corrected chi connectivity index (χ3v) is 5.60. The van der Waals surface area contributed by atoms with Crippen molar-refractivity contribution in [3.8, 4) is 0 Å². The first-order valence-electron chi connectivity index (χ1n) is 7.80.